The fourth-order valence-electron chi connectivity index (χ4n) is 3.13. The molecule has 2 amide bonds. The number of rotatable bonds is 7. The van der Waals surface area contributed by atoms with Crippen LogP contribution < -0.4 is 4.90 Å². The number of carbonyl (C=O) groups is 2. The van der Waals surface area contributed by atoms with Crippen molar-refractivity contribution in [3.63, 3.8) is 0 Å². The monoisotopic (exact) mass is 435 g/mol. The molecule has 0 bridgehead atoms. The number of hydrogen-bond acceptors (Lipinski definition) is 7. The first-order valence-electron chi connectivity index (χ1n) is 9.16. The Labute approximate surface area is 174 Å². The van der Waals surface area contributed by atoms with Crippen molar-refractivity contribution in [3.05, 3.63) is 52.8 Å². The van der Waals surface area contributed by atoms with Crippen LogP contribution in [0, 0.1) is 13.8 Å². The number of ether oxygens (including phenoxy) is 1. The highest BCUT2D eigenvalue weighted by atomic mass is 31.2. The van der Waals surface area contributed by atoms with Gasteiger partial charge in [0.1, 0.15) is 13.2 Å². The van der Waals surface area contributed by atoms with Crippen LogP contribution in [0.2, 0.25) is 0 Å². The van der Waals surface area contributed by atoms with Gasteiger partial charge in [0.05, 0.1) is 25.5 Å². The van der Waals surface area contributed by atoms with E-state index in [0.717, 1.165) is 21.9 Å². The number of carbonyl (C=O) groups excluding carboxylic acids is 2. The minimum atomic E-state index is -3.42. The van der Waals surface area contributed by atoms with Gasteiger partial charge in [-0.3, -0.25) is 4.79 Å². The quantitative estimate of drug-likeness (QED) is 0.388. The number of aromatic amines is 1. The Morgan fingerprint density at radius 1 is 1.20 bits per heavy atom. The summed E-state index contributed by atoms with van der Waals surface area (Å²) in [5.74, 6) is -0.480. The molecule has 0 aliphatic carbocycles. The third-order valence-corrected chi connectivity index (χ3v) is 5.99. The van der Waals surface area contributed by atoms with Crippen molar-refractivity contribution < 1.29 is 32.8 Å². The van der Waals surface area contributed by atoms with Crippen LogP contribution in [0.15, 0.2) is 30.3 Å². The van der Waals surface area contributed by atoms with Crippen molar-refractivity contribution >= 4 is 37.5 Å². The van der Waals surface area contributed by atoms with Gasteiger partial charge in [0.15, 0.2) is 0 Å². The molecular formula is C20H24N2O7P+. The van der Waals surface area contributed by atoms with Crippen molar-refractivity contribution in [2.75, 3.05) is 32.3 Å². The van der Waals surface area contributed by atoms with Gasteiger partial charge in [-0.1, -0.05) is 18.2 Å². The topological polar surface area (TPSA) is 110 Å². The van der Waals surface area contributed by atoms with Gasteiger partial charge in [-0.2, -0.15) is 13.9 Å². The number of nitrogens with zero attached hydrogens (tertiary/aromatic N) is 1. The molecular weight excluding hydrogens is 411 g/mol. The highest BCUT2D eigenvalue weighted by molar-refractivity contribution is 7.55. The number of nitrogens with one attached hydrogen (secondary N) is 1. The maximum atomic E-state index is 13.0. The number of para-hydroxylation sites is 1. The largest absolute Gasteiger partial charge is 0.572 e. The summed E-state index contributed by atoms with van der Waals surface area (Å²) in [4.78, 5) is 39.7. The number of imide groups is 1. The summed E-state index contributed by atoms with van der Waals surface area (Å²) < 4.78 is 19.7. The lowest BCUT2D eigenvalue weighted by atomic mass is 10.1. The summed E-state index contributed by atoms with van der Waals surface area (Å²) in [6, 6.07) is 8.98. The molecule has 9 nitrogen and oxygen atoms in total. The molecule has 1 aliphatic heterocycles. The van der Waals surface area contributed by atoms with Crippen molar-refractivity contribution in [2.24, 2.45) is 0 Å². The molecule has 0 atom stereocenters. The number of anilines is 1. The average Bonchev–Trinajstić information content (AvgIpc) is 3.20. The standard InChI is InChI=1S/C20H23N2O7P/c1-13-11-14(2)21-17(13)12-16-15-7-5-6-8-18(15)22(19(16)23)20(24)28-9-10-29-30(25,26-3)27-4/h5-8,11-12,25H,9-10H2,1-4H3/p+1. The Morgan fingerprint density at radius 3 is 2.53 bits per heavy atom. The first kappa shape index (κ1) is 22.1. The lowest BCUT2D eigenvalue weighted by Crippen LogP contribution is -2.34. The Kier molecular flexibility index (Phi) is 6.70. The van der Waals surface area contributed by atoms with E-state index in [1.165, 1.54) is 14.2 Å². The minimum absolute atomic E-state index is 0.162. The normalized spacial score (nSPS) is 15.0. The van der Waals surface area contributed by atoms with Crippen LogP contribution >= 0.6 is 8.17 Å². The van der Waals surface area contributed by atoms with E-state index in [-0.39, 0.29) is 13.2 Å². The highest BCUT2D eigenvalue weighted by Gasteiger charge is 2.42. The van der Waals surface area contributed by atoms with Gasteiger partial charge >= 0.3 is 14.3 Å². The van der Waals surface area contributed by atoms with Gasteiger partial charge in [0, 0.05) is 17.0 Å². The molecule has 1 aliphatic rings. The number of fused-ring (bicyclic) bond motifs is 1. The number of amides is 2. The zero-order chi connectivity index (χ0) is 21.9. The van der Waals surface area contributed by atoms with Gasteiger partial charge in [-0.25, -0.2) is 9.69 Å². The highest BCUT2D eigenvalue weighted by Crippen LogP contribution is 2.56. The maximum absolute atomic E-state index is 13.0. The Morgan fingerprint density at radius 2 is 1.90 bits per heavy atom. The van der Waals surface area contributed by atoms with Gasteiger partial charge in [-0.15, -0.1) is 4.52 Å². The van der Waals surface area contributed by atoms with E-state index in [4.69, 9.17) is 18.3 Å². The smallest absolute Gasteiger partial charge is 0.446 e. The van der Waals surface area contributed by atoms with Crippen LogP contribution in [0.1, 0.15) is 22.5 Å². The maximum Gasteiger partial charge on any atom is 0.572 e. The zero-order valence-electron chi connectivity index (χ0n) is 17.2. The average molecular weight is 435 g/mol. The van der Waals surface area contributed by atoms with Crippen molar-refractivity contribution in [1.29, 1.82) is 0 Å². The molecule has 2 N–H and O–H groups in total. The lowest BCUT2D eigenvalue weighted by Gasteiger charge is -2.15. The molecule has 1 aromatic carbocycles. The third-order valence-electron chi connectivity index (χ3n) is 4.55. The predicted octanol–water partition coefficient (Wildman–Crippen LogP) is 3.63. The summed E-state index contributed by atoms with van der Waals surface area (Å²) in [5.41, 5.74) is 4.25. The Bertz CT molecular complexity index is 981. The molecule has 0 fully saturated rings. The van der Waals surface area contributed by atoms with Crippen molar-refractivity contribution in [3.8, 4) is 0 Å². The van der Waals surface area contributed by atoms with Crippen LogP contribution in [0.25, 0.3) is 11.6 Å². The van der Waals surface area contributed by atoms with Gasteiger partial charge < -0.3 is 9.72 Å². The van der Waals surface area contributed by atoms with Crippen LogP contribution in [0.4, 0.5) is 10.5 Å². The molecule has 0 saturated carbocycles. The van der Waals surface area contributed by atoms with E-state index >= 15 is 0 Å². The van der Waals surface area contributed by atoms with Crippen molar-refractivity contribution in [1.82, 2.24) is 4.98 Å². The molecule has 160 valence electrons. The van der Waals surface area contributed by atoms with E-state index in [1.807, 2.05) is 19.9 Å². The SMILES string of the molecule is CO[P+](O)(OC)OCCOC(=O)N1C(=O)/C(=C\c2[nH]c(C)cc2C)c2ccccc21. The lowest BCUT2D eigenvalue weighted by molar-refractivity contribution is -0.112. The molecule has 10 heteroatoms. The predicted molar refractivity (Wildman–Crippen MR) is 113 cm³/mol. The number of hydrogen-bond donors (Lipinski definition) is 2. The van der Waals surface area contributed by atoms with Gasteiger partial charge in [0.2, 0.25) is 0 Å². The molecule has 2 heterocycles. The number of benzene rings is 1. The second-order valence-corrected chi connectivity index (χ2v) is 8.47. The molecule has 1 aromatic heterocycles. The second kappa shape index (κ2) is 9.07. The van der Waals surface area contributed by atoms with Crippen molar-refractivity contribution in [2.45, 2.75) is 13.8 Å². The summed E-state index contributed by atoms with van der Waals surface area (Å²) in [6.07, 6.45) is 0.900. The summed E-state index contributed by atoms with van der Waals surface area (Å²) in [5, 5.41) is 0. The third kappa shape index (κ3) is 4.45. The van der Waals surface area contributed by atoms with Gasteiger partial charge in [-0.05, 0) is 37.6 Å². The molecule has 2 aromatic rings. The molecule has 0 spiro atoms. The fourth-order valence-corrected chi connectivity index (χ4v) is 3.80. The zero-order valence-corrected chi connectivity index (χ0v) is 18.1. The van der Waals surface area contributed by atoms with Gasteiger partial charge in [0.25, 0.3) is 5.91 Å². The molecule has 0 unspecified atom stereocenters. The molecule has 30 heavy (non-hydrogen) atoms. The van der Waals surface area contributed by atoms with Crippen LogP contribution in [0.3, 0.4) is 0 Å². The fraction of sp³-hybridized carbons (Fsp3) is 0.300. The van der Waals surface area contributed by atoms with E-state index in [9.17, 15) is 14.5 Å². The molecule has 0 saturated heterocycles. The summed E-state index contributed by atoms with van der Waals surface area (Å²) in [7, 11) is -0.937. The van der Waals surface area contributed by atoms with Crippen LogP contribution in [0.5, 0.6) is 0 Å². The van der Waals surface area contributed by atoms with Crippen LogP contribution in [-0.4, -0.2) is 49.3 Å². The van der Waals surface area contributed by atoms with E-state index < -0.39 is 20.2 Å². The molecule has 0 radical (unpaired) electrons. The summed E-state index contributed by atoms with van der Waals surface area (Å²) in [6.45, 7) is 3.51. The number of aromatic nitrogens is 1. The van der Waals surface area contributed by atoms with E-state index in [1.54, 1.807) is 30.3 Å². The van der Waals surface area contributed by atoms with Crippen LogP contribution in [-0.2, 0) is 23.1 Å². The Hall–Kier alpha value is -2.55. The van der Waals surface area contributed by atoms with E-state index in [0.29, 0.717) is 16.8 Å². The number of aryl methyl sites for hydroxylation is 2. The second-order valence-electron chi connectivity index (χ2n) is 6.55. The molecule has 3 rings (SSSR count). The first-order valence-corrected chi connectivity index (χ1v) is 10.7. The first-order chi connectivity index (χ1) is 14.3. The van der Waals surface area contributed by atoms with E-state index in [2.05, 4.69) is 4.98 Å². The summed E-state index contributed by atoms with van der Waals surface area (Å²) >= 11 is 0. The minimum Gasteiger partial charge on any atom is -0.446 e. The Balaban J connectivity index is 1.77. The number of H-pyrrole nitrogens is 1.